The van der Waals surface area contributed by atoms with E-state index in [0.717, 1.165) is 24.9 Å². The number of amides is 1. The number of aliphatic imine (C=N–C) groups is 1. The minimum absolute atomic E-state index is 0.0199. The van der Waals surface area contributed by atoms with Crippen molar-refractivity contribution in [2.75, 3.05) is 19.7 Å². The van der Waals surface area contributed by atoms with Crippen LogP contribution in [0.2, 0.25) is 0 Å². The van der Waals surface area contributed by atoms with Gasteiger partial charge in [0.2, 0.25) is 5.91 Å². The summed E-state index contributed by atoms with van der Waals surface area (Å²) in [4.78, 5) is 27.8. The van der Waals surface area contributed by atoms with Crippen LogP contribution in [0.25, 0.3) is 0 Å². The Bertz CT molecular complexity index is 503. The molecule has 0 bridgehead atoms. The number of amidine groups is 1. The highest BCUT2D eigenvalue weighted by molar-refractivity contribution is 5.98. The summed E-state index contributed by atoms with van der Waals surface area (Å²) in [6.45, 7) is 1.94. The van der Waals surface area contributed by atoms with Gasteiger partial charge in [0.05, 0.1) is 12.6 Å². The lowest BCUT2D eigenvalue weighted by molar-refractivity contribution is -0.133. The van der Waals surface area contributed by atoms with E-state index in [1.54, 1.807) is 12.4 Å². The van der Waals surface area contributed by atoms with Crippen LogP contribution in [0.4, 0.5) is 0 Å². The van der Waals surface area contributed by atoms with Crippen LogP contribution in [0.15, 0.2) is 29.5 Å². The van der Waals surface area contributed by atoms with Crippen LogP contribution in [-0.4, -0.2) is 47.4 Å². The number of hydroxylamine groups is 1. The molecule has 0 aromatic carbocycles. The van der Waals surface area contributed by atoms with Gasteiger partial charge in [0.15, 0.2) is 5.84 Å². The van der Waals surface area contributed by atoms with Gasteiger partial charge < -0.3 is 4.90 Å². The third-order valence-corrected chi connectivity index (χ3v) is 3.54. The van der Waals surface area contributed by atoms with Gasteiger partial charge in [-0.15, -0.1) is 0 Å². The second-order valence-corrected chi connectivity index (χ2v) is 5.08. The molecule has 3 heterocycles. The van der Waals surface area contributed by atoms with Crippen molar-refractivity contribution >= 4 is 11.7 Å². The van der Waals surface area contributed by atoms with Crippen molar-refractivity contribution in [1.29, 1.82) is 0 Å². The highest BCUT2D eigenvalue weighted by Crippen LogP contribution is 2.13. The van der Waals surface area contributed by atoms with E-state index in [9.17, 15) is 4.79 Å². The Hall–Kier alpha value is -1.95. The summed E-state index contributed by atoms with van der Waals surface area (Å²) in [5, 5.41) is 0. The summed E-state index contributed by atoms with van der Waals surface area (Å²) in [6, 6.07) is 3.77. The van der Waals surface area contributed by atoms with Crippen LogP contribution in [-0.2, 0) is 9.63 Å². The highest BCUT2D eigenvalue weighted by atomic mass is 16.6. The Labute approximate surface area is 117 Å². The van der Waals surface area contributed by atoms with Gasteiger partial charge in [-0.3, -0.25) is 19.6 Å². The summed E-state index contributed by atoms with van der Waals surface area (Å²) in [5.41, 5.74) is 3.71. The lowest BCUT2D eigenvalue weighted by Crippen LogP contribution is -2.45. The third kappa shape index (κ3) is 2.96. The zero-order valence-electron chi connectivity index (χ0n) is 11.3. The molecule has 2 aliphatic rings. The molecule has 0 aliphatic carbocycles. The molecular formula is C14H18N4O2. The Morgan fingerprint density at radius 3 is 3.20 bits per heavy atom. The van der Waals surface area contributed by atoms with Crippen LogP contribution in [0.1, 0.15) is 24.8 Å². The molecule has 1 aromatic rings. The van der Waals surface area contributed by atoms with Crippen molar-refractivity contribution in [1.82, 2.24) is 15.4 Å². The van der Waals surface area contributed by atoms with Gasteiger partial charge in [0, 0.05) is 37.5 Å². The zero-order valence-corrected chi connectivity index (χ0v) is 11.3. The van der Waals surface area contributed by atoms with Gasteiger partial charge in [-0.05, 0) is 25.0 Å². The molecule has 20 heavy (non-hydrogen) atoms. The van der Waals surface area contributed by atoms with E-state index in [-0.39, 0.29) is 11.9 Å². The standard InChI is InChI=1S/C14H18N4O2/c19-13-5-1-2-7-18(13)9-12-10-20-17-14(16-12)11-4-3-6-15-8-11/h3-4,6,8,12H,1-2,5,7,9-10H2,(H,16,17)/t12-/m0/s1. The molecule has 6 heteroatoms. The second kappa shape index (κ2) is 6.00. The first kappa shape index (κ1) is 13.1. The maximum atomic E-state index is 11.8. The molecule has 106 valence electrons. The third-order valence-electron chi connectivity index (χ3n) is 3.54. The fourth-order valence-corrected chi connectivity index (χ4v) is 2.49. The number of rotatable bonds is 3. The quantitative estimate of drug-likeness (QED) is 0.883. The molecule has 1 N–H and O–H groups in total. The molecule has 0 unspecified atom stereocenters. The number of carbonyl (C=O) groups excluding carboxylic acids is 1. The first-order valence-corrected chi connectivity index (χ1v) is 6.97. The molecule has 0 saturated carbocycles. The predicted octanol–water partition coefficient (Wildman–Crippen LogP) is 0.744. The molecule has 3 rings (SSSR count). The number of hydrogen-bond donors (Lipinski definition) is 1. The maximum absolute atomic E-state index is 11.8. The monoisotopic (exact) mass is 274 g/mol. The first-order chi connectivity index (χ1) is 9.83. The predicted molar refractivity (Wildman–Crippen MR) is 74.1 cm³/mol. The summed E-state index contributed by atoms with van der Waals surface area (Å²) < 4.78 is 0. The van der Waals surface area contributed by atoms with Crippen molar-refractivity contribution in [3.8, 4) is 0 Å². The minimum Gasteiger partial charge on any atom is -0.340 e. The smallest absolute Gasteiger partial charge is 0.222 e. The average molecular weight is 274 g/mol. The molecule has 2 aliphatic heterocycles. The Morgan fingerprint density at radius 2 is 2.40 bits per heavy atom. The number of likely N-dealkylation sites (tertiary alicyclic amines) is 1. The second-order valence-electron chi connectivity index (χ2n) is 5.08. The van der Waals surface area contributed by atoms with Gasteiger partial charge >= 0.3 is 0 Å². The summed E-state index contributed by atoms with van der Waals surface area (Å²) in [5.74, 6) is 0.909. The summed E-state index contributed by atoms with van der Waals surface area (Å²) >= 11 is 0. The zero-order chi connectivity index (χ0) is 13.8. The van der Waals surface area contributed by atoms with Gasteiger partial charge in [-0.1, -0.05) is 0 Å². The molecular weight excluding hydrogens is 256 g/mol. The number of hydrogen-bond acceptors (Lipinski definition) is 5. The van der Waals surface area contributed by atoms with E-state index in [2.05, 4.69) is 15.5 Å². The molecule has 1 amide bonds. The van der Waals surface area contributed by atoms with Crippen molar-refractivity contribution < 1.29 is 9.63 Å². The van der Waals surface area contributed by atoms with E-state index in [1.165, 1.54) is 0 Å². The van der Waals surface area contributed by atoms with Crippen LogP contribution in [0.5, 0.6) is 0 Å². The Kier molecular flexibility index (Phi) is 3.92. The molecule has 0 radical (unpaired) electrons. The molecule has 1 saturated heterocycles. The lowest BCUT2D eigenvalue weighted by atomic mass is 10.1. The normalized spacial score (nSPS) is 23.2. The van der Waals surface area contributed by atoms with Crippen molar-refractivity contribution in [2.24, 2.45) is 4.99 Å². The van der Waals surface area contributed by atoms with E-state index in [1.807, 2.05) is 17.0 Å². The van der Waals surface area contributed by atoms with Crippen LogP contribution in [0.3, 0.4) is 0 Å². The largest absolute Gasteiger partial charge is 0.340 e. The van der Waals surface area contributed by atoms with Crippen molar-refractivity contribution in [2.45, 2.75) is 25.3 Å². The molecule has 6 nitrogen and oxygen atoms in total. The van der Waals surface area contributed by atoms with E-state index >= 15 is 0 Å². The van der Waals surface area contributed by atoms with Crippen LogP contribution >= 0.6 is 0 Å². The number of carbonyl (C=O) groups is 1. The molecule has 1 fully saturated rings. The van der Waals surface area contributed by atoms with E-state index in [0.29, 0.717) is 25.4 Å². The van der Waals surface area contributed by atoms with E-state index < -0.39 is 0 Å². The first-order valence-electron chi connectivity index (χ1n) is 6.97. The maximum Gasteiger partial charge on any atom is 0.222 e. The summed E-state index contributed by atoms with van der Waals surface area (Å²) in [7, 11) is 0. The average Bonchev–Trinajstić information content (AvgIpc) is 2.51. The minimum atomic E-state index is -0.0199. The SMILES string of the molecule is O=C1CCCCN1C[C@H]1CONC(c2cccnc2)=N1. The van der Waals surface area contributed by atoms with Crippen molar-refractivity contribution in [3.05, 3.63) is 30.1 Å². The van der Waals surface area contributed by atoms with Crippen LogP contribution in [0, 0.1) is 0 Å². The van der Waals surface area contributed by atoms with Crippen molar-refractivity contribution in [3.63, 3.8) is 0 Å². The highest BCUT2D eigenvalue weighted by Gasteiger charge is 2.24. The van der Waals surface area contributed by atoms with Gasteiger partial charge in [0.25, 0.3) is 0 Å². The number of piperidine rings is 1. The summed E-state index contributed by atoms with van der Waals surface area (Å²) in [6.07, 6.45) is 6.20. The molecule has 1 aromatic heterocycles. The van der Waals surface area contributed by atoms with Gasteiger partial charge in [-0.25, -0.2) is 5.48 Å². The Balaban J connectivity index is 1.69. The fourth-order valence-electron chi connectivity index (χ4n) is 2.49. The number of aromatic nitrogens is 1. The number of nitrogens with one attached hydrogen (secondary N) is 1. The molecule has 0 spiro atoms. The molecule has 1 atom stereocenters. The number of pyridine rings is 1. The van der Waals surface area contributed by atoms with Crippen LogP contribution < -0.4 is 5.48 Å². The fraction of sp³-hybridized carbons (Fsp3) is 0.500. The lowest BCUT2D eigenvalue weighted by Gasteiger charge is -2.31. The Morgan fingerprint density at radius 1 is 1.45 bits per heavy atom. The van der Waals surface area contributed by atoms with Gasteiger partial charge in [0.1, 0.15) is 0 Å². The topological polar surface area (TPSA) is 66.8 Å². The van der Waals surface area contributed by atoms with E-state index in [4.69, 9.17) is 4.84 Å². The van der Waals surface area contributed by atoms with Gasteiger partial charge in [-0.2, -0.15) is 0 Å². The number of nitrogens with zero attached hydrogens (tertiary/aromatic N) is 3.